The summed E-state index contributed by atoms with van der Waals surface area (Å²) in [7, 11) is 0. The number of rotatable bonds is 5. The molecule has 0 aliphatic rings. The molecule has 6 heteroatoms. The minimum absolute atomic E-state index is 0.120. The summed E-state index contributed by atoms with van der Waals surface area (Å²) in [5.41, 5.74) is 1.26. The van der Waals surface area contributed by atoms with Crippen molar-refractivity contribution in [2.75, 3.05) is 6.54 Å². The fraction of sp³-hybridized carbons (Fsp3) is 0.125. The Hall–Kier alpha value is -3.02. The second-order valence-corrected chi connectivity index (χ2v) is 4.59. The molecule has 0 saturated carbocycles. The van der Waals surface area contributed by atoms with Gasteiger partial charge in [-0.15, -0.1) is 10.2 Å². The number of aromatic nitrogens is 3. The summed E-state index contributed by atoms with van der Waals surface area (Å²) < 4.78 is 5.52. The summed E-state index contributed by atoms with van der Waals surface area (Å²) in [4.78, 5) is 16.0. The number of nitrogens with one attached hydrogen (secondary N) is 1. The number of carbonyl (C=O) groups is 1. The first kappa shape index (κ1) is 13.9. The Morgan fingerprint density at radius 1 is 1.05 bits per heavy atom. The third-order valence-corrected chi connectivity index (χ3v) is 3.01. The van der Waals surface area contributed by atoms with E-state index >= 15 is 0 Å². The van der Waals surface area contributed by atoms with Crippen molar-refractivity contribution in [2.24, 2.45) is 0 Å². The summed E-state index contributed by atoms with van der Waals surface area (Å²) in [5.74, 6) is 0.726. The molecule has 1 amide bonds. The molecule has 2 aromatic heterocycles. The molecule has 0 unspecified atom stereocenters. The standard InChI is InChI=1S/C16H14N4O2/c21-15(12-6-2-1-3-7-12)18-11-9-14-19-20-16(22-14)13-8-4-5-10-17-13/h1-8,10H,9,11H2,(H,18,21). The van der Waals surface area contributed by atoms with Crippen LogP contribution < -0.4 is 5.32 Å². The fourth-order valence-corrected chi connectivity index (χ4v) is 1.92. The Labute approximate surface area is 127 Å². The lowest BCUT2D eigenvalue weighted by molar-refractivity contribution is 0.0953. The summed E-state index contributed by atoms with van der Waals surface area (Å²) in [6.45, 7) is 0.428. The van der Waals surface area contributed by atoms with Crippen LogP contribution in [0.5, 0.6) is 0 Å². The fourth-order valence-electron chi connectivity index (χ4n) is 1.92. The molecule has 0 aliphatic carbocycles. The third-order valence-electron chi connectivity index (χ3n) is 3.01. The van der Waals surface area contributed by atoms with Gasteiger partial charge >= 0.3 is 0 Å². The van der Waals surface area contributed by atoms with Gasteiger partial charge in [-0.25, -0.2) is 0 Å². The summed E-state index contributed by atoms with van der Waals surface area (Å²) >= 11 is 0. The van der Waals surface area contributed by atoms with Gasteiger partial charge in [0.25, 0.3) is 11.8 Å². The van der Waals surface area contributed by atoms with E-state index in [1.807, 2.05) is 30.3 Å². The minimum atomic E-state index is -0.120. The number of hydrogen-bond donors (Lipinski definition) is 1. The molecule has 3 rings (SSSR count). The molecule has 0 radical (unpaired) electrons. The average Bonchev–Trinajstić information content (AvgIpc) is 3.05. The minimum Gasteiger partial charge on any atom is -0.419 e. The van der Waals surface area contributed by atoms with E-state index in [2.05, 4.69) is 20.5 Å². The first-order valence-corrected chi connectivity index (χ1v) is 6.90. The van der Waals surface area contributed by atoms with E-state index in [4.69, 9.17) is 4.42 Å². The van der Waals surface area contributed by atoms with Gasteiger partial charge in [-0.3, -0.25) is 9.78 Å². The molecule has 1 aromatic carbocycles. The molecule has 1 N–H and O–H groups in total. The van der Waals surface area contributed by atoms with Crippen molar-refractivity contribution in [1.29, 1.82) is 0 Å². The van der Waals surface area contributed by atoms with Gasteiger partial charge in [0, 0.05) is 24.7 Å². The first-order chi connectivity index (χ1) is 10.8. The molecule has 0 spiro atoms. The molecular weight excluding hydrogens is 280 g/mol. The molecule has 3 aromatic rings. The molecule has 0 fully saturated rings. The van der Waals surface area contributed by atoms with Crippen LogP contribution in [0.2, 0.25) is 0 Å². The van der Waals surface area contributed by atoms with Crippen LogP contribution in [0, 0.1) is 0 Å². The number of pyridine rings is 1. The maximum atomic E-state index is 11.9. The van der Waals surface area contributed by atoms with E-state index in [-0.39, 0.29) is 5.91 Å². The zero-order valence-corrected chi connectivity index (χ0v) is 11.8. The third kappa shape index (κ3) is 3.35. The van der Waals surface area contributed by atoms with Crippen LogP contribution in [-0.4, -0.2) is 27.6 Å². The van der Waals surface area contributed by atoms with E-state index in [9.17, 15) is 4.79 Å². The van der Waals surface area contributed by atoms with Gasteiger partial charge in [0.2, 0.25) is 5.89 Å². The van der Waals surface area contributed by atoms with Crippen molar-refractivity contribution >= 4 is 5.91 Å². The smallest absolute Gasteiger partial charge is 0.266 e. The largest absolute Gasteiger partial charge is 0.419 e. The summed E-state index contributed by atoms with van der Waals surface area (Å²) in [6, 6.07) is 14.5. The number of hydrogen-bond acceptors (Lipinski definition) is 5. The topological polar surface area (TPSA) is 80.9 Å². The molecule has 0 saturated heterocycles. The number of carbonyl (C=O) groups excluding carboxylic acids is 1. The van der Waals surface area contributed by atoms with Gasteiger partial charge in [0.1, 0.15) is 5.69 Å². The van der Waals surface area contributed by atoms with Gasteiger partial charge in [-0.1, -0.05) is 24.3 Å². The van der Waals surface area contributed by atoms with E-state index in [1.54, 1.807) is 24.4 Å². The molecule has 22 heavy (non-hydrogen) atoms. The van der Waals surface area contributed by atoms with Gasteiger partial charge in [0.15, 0.2) is 0 Å². The summed E-state index contributed by atoms with van der Waals surface area (Å²) in [6.07, 6.45) is 2.14. The predicted octanol–water partition coefficient (Wildman–Crippen LogP) is 2.10. The molecule has 0 bridgehead atoms. The highest BCUT2D eigenvalue weighted by atomic mass is 16.4. The molecule has 6 nitrogen and oxygen atoms in total. The number of benzene rings is 1. The Morgan fingerprint density at radius 2 is 1.86 bits per heavy atom. The van der Waals surface area contributed by atoms with Gasteiger partial charge in [-0.2, -0.15) is 0 Å². The second-order valence-electron chi connectivity index (χ2n) is 4.59. The van der Waals surface area contributed by atoms with Crippen LogP contribution in [0.1, 0.15) is 16.2 Å². The highest BCUT2D eigenvalue weighted by molar-refractivity contribution is 5.94. The molecule has 110 valence electrons. The predicted molar refractivity (Wildman–Crippen MR) is 80.0 cm³/mol. The van der Waals surface area contributed by atoms with Gasteiger partial charge in [0.05, 0.1) is 0 Å². The van der Waals surface area contributed by atoms with Crippen molar-refractivity contribution in [3.05, 3.63) is 66.2 Å². The van der Waals surface area contributed by atoms with Crippen LogP contribution in [0.4, 0.5) is 0 Å². The average molecular weight is 294 g/mol. The Morgan fingerprint density at radius 3 is 2.64 bits per heavy atom. The van der Waals surface area contributed by atoms with Crippen LogP contribution in [0.15, 0.2) is 59.1 Å². The maximum Gasteiger partial charge on any atom is 0.266 e. The summed E-state index contributed by atoms with van der Waals surface area (Å²) in [5, 5.41) is 10.7. The monoisotopic (exact) mass is 294 g/mol. The Bertz CT molecular complexity index is 741. The molecule has 2 heterocycles. The zero-order valence-electron chi connectivity index (χ0n) is 11.8. The van der Waals surface area contributed by atoms with Crippen molar-refractivity contribution < 1.29 is 9.21 Å². The van der Waals surface area contributed by atoms with Crippen LogP contribution in [0.25, 0.3) is 11.6 Å². The maximum absolute atomic E-state index is 11.9. The quantitative estimate of drug-likeness (QED) is 0.779. The van der Waals surface area contributed by atoms with Crippen molar-refractivity contribution in [3.63, 3.8) is 0 Å². The molecular formula is C16H14N4O2. The highest BCUT2D eigenvalue weighted by Gasteiger charge is 2.10. The van der Waals surface area contributed by atoms with Crippen molar-refractivity contribution in [2.45, 2.75) is 6.42 Å². The first-order valence-electron chi connectivity index (χ1n) is 6.90. The normalized spacial score (nSPS) is 10.4. The molecule has 0 aliphatic heterocycles. The number of amides is 1. The highest BCUT2D eigenvalue weighted by Crippen LogP contribution is 2.14. The number of nitrogens with zero attached hydrogens (tertiary/aromatic N) is 3. The Balaban J connectivity index is 1.55. The lowest BCUT2D eigenvalue weighted by Gasteiger charge is -2.02. The Kier molecular flexibility index (Phi) is 4.20. The van der Waals surface area contributed by atoms with Crippen molar-refractivity contribution in [3.8, 4) is 11.6 Å². The van der Waals surface area contributed by atoms with E-state index in [0.29, 0.717) is 36.0 Å². The molecule has 0 atom stereocenters. The van der Waals surface area contributed by atoms with Crippen LogP contribution in [-0.2, 0) is 6.42 Å². The van der Waals surface area contributed by atoms with E-state index < -0.39 is 0 Å². The van der Waals surface area contributed by atoms with E-state index in [0.717, 1.165) is 0 Å². The van der Waals surface area contributed by atoms with E-state index in [1.165, 1.54) is 0 Å². The lowest BCUT2D eigenvalue weighted by Crippen LogP contribution is -2.25. The van der Waals surface area contributed by atoms with Crippen LogP contribution >= 0.6 is 0 Å². The second kappa shape index (κ2) is 6.62. The SMILES string of the molecule is O=C(NCCc1nnc(-c2ccccn2)o1)c1ccccc1. The van der Waals surface area contributed by atoms with Gasteiger partial charge < -0.3 is 9.73 Å². The lowest BCUT2D eigenvalue weighted by atomic mass is 10.2. The van der Waals surface area contributed by atoms with Crippen molar-refractivity contribution in [1.82, 2.24) is 20.5 Å². The van der Waals surface area contributed by atoms with Crippen LogP contribution in [0.3, 0.4) is 0 Å². The zero-order chi connectivity index (χ0) is 15.2. The van der Waals surface area contributed by atoms with Gasteiger partial charge in [-0.05, 0) is 24.3 Å².